The minimum atomic E-state index is -0.336. The van der Waals surface area contributed by atoms with E-state index in [2.05, 4.69) is 26.1 Å². The van der Waals surface area contributed by atoms with Crippen molar-refractivity contribution in [2.45, 2.75) is 64.8 Å². The van der Waals surface area contributed by atoms with Gasteiger partial charge in [-0.3, -0.25) is 4.79 Å². The Morgan fingerprint density at radius 3 is 2.53 bits per heavy atom. The molecule has 0 radical (unpaired) electrons. The lowest BCUT2D eigenvalue weighted by Gasteiger charge is -2.39. The second-order valence-corrected chi connectivity index (χ2v) is 5.89. The van der Waals surface area contributed by atoms with Gasteiger partial charge in [0.25, 0.3) is 0 Å². The molecule has 1 fully saturated rings. The van der Waals surface area contributed by atoms with Crippen molar-refractivity contribution in [2.24, 2.45) is 11.8 Å². The number of amides is 1. The number of hydrogen-bond acceptors (Lipinski definition) is 2. The molecule has 2 N–H and O–H groups in total. The third-order valence-corrected chi connectivity index (χ3v) is 4.17. The van der Waals surface area contributed by atoms with Crippen LogP contribution in [0, 0.1) is 11.8 Å². The Balaban J connectivity index is 2.48. The van der Waals surface area contributed by atoms with Gasteiger partial charge in [0.2, 0.25) is 5.91 Å². The van der Waals surface area contributed by atoms with Crippen molar-refractivity contribution in [3.8, 4) is 0 Å². The molecule has 0 bridgehead atoms. The topological polar surface area (TPSA) is 49.3 Å². The first-order chi connectivity index (χ1) is 8.01. The van der Waals surface area contributed by atoms with Gasteiger partial charge < -0.3 is 10.4 Å². The molecule has 0 aromatic carbocycles. The lowest BCUT2D eigenvalue weighted by molar-refractivity contribution is -0.125. The quantitative estimate of drug-likeness (QED) is 0.777. The van der Waals surface area contributed by atoms with E-state index in [9.17, 15) is 9.90 Å². The van der Waals surface area contributed by atoms with Crippen LogP contribution in [0.15, 0.2) is 0 Å². The number of nitrogens with one attached hydrogen (secondary N) is 1. The molecule has 100 valence electrons. The number of aliphatic hydroxyl groups excluding tert-OH is 1. The van der Waals surface area contributed by atoms with Crippen LogP contribution in [0.1, 0.15) is 59.3 Å². The van der Waals surface area contributed by atoms with Crippen molar-refractivity contribution in [3.63, 3.8) is 0 Å². The van der Waals surface area contributed by atoms with Gasteiger partial charge in [0, 0.05) is 6.42 Å². The summed E-state index contributed by atoms with van der Waals surface area (Å²) >= 11 is 0. The Morgan fingerprint density at radius 2 is 2.06 bits per heavy atom. The van der Waals surface area contributed by atoms with Crippen LogP contribution in [0.25, 0.3) is 0 Å². The van der Waals surface area contributed by atoms with Gasteiger partial charge in [0.1, 0.15) is 0 Å². The minimum absolute atomic E-state index is 0.0754. The molecular formula is C14H27NO2. The molecule has 0 aliphatic heterocycles. The summed E-state index contributed by atoms with van der Waals surface area (Å²) in [6.45, 7) is 6.50. The lowest BCUT2D eigenvalue weighted by Crippen LogP contribution is -2.53. The summed E-state index contributed by atoms with van der Waals surface area (Å²) in [7, 11) is 0. The third-order valence-electron chi connectivity index (χ3n) is 4.17. The van der Waals surface area contributed by atoms with E-state index < -0.39 is 0 Å². The average Bonchev–Trinajstić information content (AvgIpc) is 2.32. The maximum absolute atomic E-state index is 11.9. The van der Waals surface area contributed by atoms with E-state index in [1.807, 2.05) is 0 Å². The molecule has 1 saturated carbocycles. The van der Waals surface area contributed by atoms with E-state index in [-0.39, 0.29) is 18.1 Å². The van der Waals surface area contributed by atoms with E-state index in [1.165, 1.54) is 0 Å². The molecule has 0 saturated heterocycles. The van der Waals surface area contributed by atoms with Crippen molar-refractivity contribution in [3.05, 3.63) is 0 Å². The third kappa shape index (κ3) is 4.30. The summed E-state index contributed by atoms with van der Waals surface area (Å²) in [5.74, 6) is 1.25. The predicted octanol–water partition coefficient (Wildman–Crippen LogP) is 2.48. The van der Waals surface area contributed by atoms with Crippen LogP contribution in [0.3, 0.4) is 0 Å². The number of aliphatic hydroxyl groups is 1. The van der Waals surface area contributed by atoms with Crippen LogP contribution < -0.4 is 5.32 Å². The van der Waals surface area contributed by atoms with Crippen molar-refractivity contribution in [1.82, 2.24) is 5.32 Å². The second-order valence-electron chi connectivity index (χ2n) is 5.89. The van der Waals surface area contributed by atoms with Crippen molar-refractivity contribution in [2.75, 3.05) is 6.61 Å². The zero-order valence-electron chi connectivity index (χ0n) is 11.5. The Morgan fingerprint density at radius 1 is 1.47 bits per heavy atom. The van der Waals surface area contributed by atoms with Gasteiger partial charge in [0.05, 0.1) is 12.1 Å². The van der Waals surface area contributed by atoms with E-state index >= 15 is 0 Å². The first kappa shape index (κ1) is 14.5. The molecule has 0 heterocycles. The fourth-order valence-corrected chi connectivity index (χ4v) is 2.44. The van der Waals surface area contributed by atoms with Crippen molar-refractivity contribution < 1.29 is 9.90 Å². The predicted molar refractivity (Wildman–Crippen MR) is 69.7 cm³/mol. The fraction of sp³-hybridized carbons (Fsp3) is 0.929. The van der Waals surface area contributed by atoms with Crippen LogP contribution in [0.5, 0.6) is 0 Å². The zero-order chi connectivity index (χ0) is 12.9. The van der Waals surface area contributed by atoms with Crippen LogP contribution in [-0.4, -0.2) is 23.2 Å². The highest BCUT2D eigenvalue weighted by Gasteiger charge is 2.34. The van der Waals surface area contributed by atoms with Gasteiger partial charge >= 0.3 is 0 Å². The lowest BCUT2D eigenvalue weighted by atomic mass is 9.77. The summed E-state index contributed by atoms with van der Waals surface area (Å²) in [6, 6.07) is 0. The highest BCUT2D eigenvalue weighted by molar-refractivity contribution is 5.77. The SMILES string of the molecule is CCC(C)CC(=O)NC1(CO)CCC(C)CC1. The molecule has 1 aliphatic carbocycles. The summed E-state index contributed by atoms with van der Waals surface area (Å²) in [4.78, 5) is 11.9. The molecule has 3 nitrogen and oxygen atoms in total. The largest absolute Gasteiger partial charge is 0.394 e. The van der Waals surface area contributed by atoms with E-state index in [1.54, 1.807) is 0 Å². The molecule has 0 spiro atoms. The van der Waals surface area contributed by atoms with Crippen molar-refractivity contribution in [1.29, 1.82) is 0 Å². The highest BCUT2D eigenvalue weighted by Crippen LogP contribution is 2.31. The molecule has 3 heteroatoms. The Kier molecular flexibility index (Phi) is 5.44. The summed E-state index contributed by atoms with van der Waals surface area (Å²) < 4.78 is 0. The summed E-state index contributed by atoms with van der Waals surface area (Å²) in [5.41, 5.74) is -0.336. The molecular weight excluding hydrogens is 214 g/mol. The maximum Gasteiger partial charge on any atom is 0.220 e. The Labute approximate surface area is 105 Å². The van der Waals surface area contributed by atoms with Gasteiger partial charge in [0.15, 0.2) is 0 Å². The molecule has 1 amide bonds. The van der Waals surface area contributed by atoms with E-state index in [4.69, 9.17) is 0 Å². The number of carbonyl (C=O) groups excluding carboxylic acids is 1. The normalized spacial score (nSPS) is 30.9. The Hall–Kier alpha value is -0.570. The standard InChI is InChI=1S/C14H27NO2/c1-4-11(2)9-13(17)15-14(10-16)7-5-12(3)6-8-14/h11-12,16H,4-10H2,1-3H3,(H,15,17). The van der Waals surface area contributed by atoms with Crippen molar-refractivity contribution >= 4 is 5.91 Å². The first-order valence-electron chi connectivity index (χ1n) is 6.93. The monoisotopic (exact) mass is 241 g/mol. The van der Waals surface area contributed by atoms with Gasteiger partial charge in [-0.1, -0.05) is 27.2 Å². The number of rotatable bonds is 5. The first-order valence-corrected chi connectivity index (χ1v) is 6.93. The summed E-state index contributed by atoms with van der Waals surface area (Å²) in [6.07, 6.45) is 5.63. The van der Waals surface area contributed by atoms with Gasteiger partial charge in [-0.25, -0.2) is 0 Å². The van der Waals surface area contributed by atoms with Gasteiger partial charge in [-0.05, 0) is 37.5 Å². The average molecular weight is 241 g/mol. The van der Waals surface area contributed by atoms with E-state index in [0.29, 0.717) is 12.3 Å². The zero-order valence-corrected chi connectivity index (χ0v) is 11.5. The molecule has 1 atom stereocenters. The molecule has 0 aromatic rings. The minimum Gasteiger partial charge on any atom is -0.394 e. The molecule has 17 heavy (non-hydrogen) atoms. The second kappa shape index (κ2) is 6.39. The number of carbonyl (C=O) groups is 1. The molecule has 1 unspecified atom stereocenters. The maximum atomic E-state index is 11.9. The molecule has 1 aliphatic rings. The molecule has 1 rings (SSSR count). The highest BCUT2D eigenvalue weighted by atomic mass is 16.3. The fourth-order valence-electron chi connectivity index (χ4n) is 2.44. The van der Waals surface area contributed by atoms with Crippen LogP contribution in [0.4, 0.5) is 0 Å². The summed E-state index contributed by atoms with van der Waals surface area (Å²) in [5, 5.41) is 12.6. The van der Waals surface area contributed by atoms with Crippen LogP contribution in [0.2, 0.25) is 0 Å². The molecule has 0 aromatic heterocycles. The number of hydrogen-bond donors (Lipinski definition) is 2. The van der Waals surface area contributed by atoms with Crippen LogP contribution >= 0.6 is 0 Å². The van der Waals surface area contributed by atoms with Crippen LogP contribution in [-0.2, 0) is 4.79 Å². The van der Waals surface area contributed by atoms with Gasteiger partial charge in [-0.15, -0.1) is 0 Å². The van der Waals surface area contributed by atoms with Gasteiger partial charge in [-0.2, -0.15) is 0 Å². The smallest absolute Gasteiger partial charge is 0.220 e. The Bertz CT molecular complexity index is 245. The van der Waals surface area contributed by atoms with E-state index in [0.717, 1.165) is 38.0 Å².